The molecule has 1 N–H and O–H groups in total. The van der Waals surface area contributed by atoms with Crippen LogP contribution in [0.5, 0.6) is 0 Å². The van der Waals surface area contributed by atoms with E-state index in [4.69, 9.17) is 9.47 Å². The van der Waals surface area contributed by atoms with E-state index in [9.17, 15) is 9.90 Å². The largest absolute Gasteiger partial charge is 0.388 e. The fraction of sp³-hybridized carbons (Fsp3) is 0.250. The maximum atomic E-state index is 12.0. The number of hydrogen-bond acceptors (Lipinski definition) is 5. The Morgan fingerprint density at radius 3 is 2.27 bits per heavy atom. The number of aryl methyl sites for hydroxylation is 1. The number of aldehydes is 1. The minimum atomic E-state index is -0.899. The number of aliphatic hydroxyl groups excluding tert-OH is 1. The molecule has 3 aromatic carbocycles. The van der Waals surface area contributed by atoms with Gasteiger partial charge in [-0.1, -0.05) is 78.9 Å². The number of benzene rings is 3. The molecule has 5 heteroatoms. The number of carbonyl (C=O) groups excluding carboxylic acids is 1. The highest BCUT2D eigenvalue weighted by Gasteiger charge is 2.36. The Balaban J connectivity index is 1.53. The molecule has 0 saturated heterocycles. The zero-order chi connectivity index (χ0) is 23.0. The standard InChI is InChI=1S/C28H28O4S/c1-20-9-8-14-23-15-24(16-29)28(33-27(20)23)26(32-18-22-12-6-3-7-13-22)25(30)19-31-17-21-10-4-2-5-11-21/h2-16,25-26,28,30H,17-19H2,1H3. The summed E-state index contributed by atoms with van der Waals surface area (Å²) in [4.78, 5) is 13.1. The second-order valence-corrected chi connectivity index (χ2v) is 9.28. The zero-order valence-electron chi connectivity index (χ0n) is 18.6. The Morgan fingerprint density at radius 1 is 0.939 bits per heavy atom. The van der Waals surface area contributed by atoms with Gasteiger partial charge in [0.1, 0.15) is 18.5 Å². The molecule has 0 spiro atoms. The van der Waals surface area contributed by atoms with Crippen LogP contribution in [0.1, 0.15) is 22.3 Å². The van der Waals surface area contributed by atoms with Crippen molar-refractivity contribution in [3.05, 3.63) is 107 Å². The van der Waals surface area contributed by atoms with E-state index >= 15 is 0 Å². The second-order valence-electron chi connectivity index (χ2n) is 8.12. The van der Waals surface area contributed by atoms with E-state index in [0.717, 1.165) is 33.4 Å². The summed E-state index contributed by atoms with van der Waals surface area (Å²) < 4.78 is 12.1. The summed E-state index contributed by atoms with van der Waals surface area (Å²) >= 11 is 1.58. The van der Waals surface area contributed by atoms with Crippen molar-refractivity contribution >= 4 is 24.1 Å². The van der Waals surface area contributed by atoms with E-state index < -0.39 is 12.2 Å². The highest BCUT2D eigenvalue weighted by atomic mass is 32.2. The summed E-state index contributed by atoms with van der Waals surface area (Å²) in [5.41, 5.74) is 4.82. The van der Waals surface area contributed by atoms with Gasteiger partial charge in [-0.05, 0) is 35.3 Å². The normalized spacial score (nSPS) is 17.0. The van der Waals surface area contributed by atoms with Crippen LogP contribution in [0.2, 0.25) is 0 Å². The van der Waals surface area contributed by atoms with Gasteiger partial charge in [0.05, 0.1) is 25.1 Å². The van der Waals surface area contributed by atoms with Gasteiger partial charge < -0.3 is 14.6 Å². The number of ether oxygens (including phenoxy) is 2. The van der Waals surface area contributed by atoms with Crippen LogP contribution >= 0.6 is 11.8 Å². The fourth-order valence-electron chi connectivity index (χ4n) is 3.90. The van der Waals surface area contributed by atoms with E-state index in [1.165, 1.54) is 0 Å². The second kappa shape index (κ2) is 11.4. The maximum absolute atomic E-state index is 12.0. The lowest BCUT2D eigenvalue weighted by Crippen LogP contribution is -2.42. The smallest absolute Gasteiger partial charge is 0.147 e. The number of carbonyl (C=O) groups is 1. The van der Waals surface area contributed by atoms with E-state index in [-0.39, 0.29) is 11.9 Å². The van der Waals surface area contributed by atoms with E-state index in [0.29, 0.717) is 18.8 Å². The first-order valence-electron chi connectivity index (χ1n) is 11.0. The van der Waals surface area contributed by atoms with Crippen LogP contribution in [0, 0.1) is 6.92 Å². The first kappa shape index (κ1) is 23.5. The summed E-state index contributed by atoms with van der Waals surface area (Å²) in [6, 6.07) is 25.7. The molecule has 0 amide bonds. The van der Waals surface area contributed by atoms with Crippen LogP contribution in [0.15, 0.2) is 89.3 Å². The molecular weight excluding hydrogens is 432 g/mol. The van der Waals surface area contributed by atoms with Gasteiger partial charge in [-0.2, -0.15) is 0 Å². The highest BCUT2D eigenvalue weighted by molar-refractivity contribution is 8.00. The van der Waals surface area contributed by atoms with Crippen molar-refractivity contribution in [2.75, 3.05) is 6.61 Å². The van der Waals surface area contributed by atoms with Crippen molar-refractivity contribution in [2.45, 2.75) is 42.5 Å². The average molecular weight is 461 g/mol. The lowest BCUT2D eigenvalue weighted by atomic mass is 10.00. The van der Waals surface area contributed by atoms with Crippen molar-refractivity contribution in [1.29, 1.82) is 0 Å². The molecule has 3 atom stereocenters. The Hall–Kier alpha value is -2.70. The molecular formula is C28H28O4S. The van der Waals surface area contributed by atoms with Gasteiger partial charge in [0.15, 0.2) is 0 Å². The first-order chi connectivity index (χ1) is 16.2. The van der Waals surface area contributed by atoms with Crippen LogP contribution in [0.25, 0.3) is 6.08 Å². The van der Waals surface area contributed by atoms with Crippen molar-refractivity contribution in [2.24, 2.45) is 0 Å². The van der Waals surface area contributed by atoms with E-state index in [1.54, 1.807) is 11.8 Å². The molecule has 3 aromatic rings. The summed E-state index contributed by atoms with van der Waals surface area (Å²) in [5.74, 6) is 0. The summed E-state index contributed by atoms with van der Waals surface area (Å²) in [7, 11) is 0. The predicted molar refractivity (Wildman–Crippen MR) is 132 cm³/mol. The Morgan fingerprint density at radius 2 is 1.61 bits per heavy atom. The van der Waals surface area contributed by atoms with Crippen LogP contribution in [0.3, 0.4) is 0 Å². The Kier molecular flexibility index (Phi) is 8.13. The molecule has 0 saturated carbocycles. The number of rotatable bonds is 10. The topological polar surface area (TPSA) is 55.8 Å². The molecule has 1 aliphatic rings. The quantitative estimate of drug-likeness (QED) is 0.421. The number of aliphatic hydroxyl groups is 1. The van der Waals surface area contributed by atoms with Crippen LogP contribution in [-0.2, 0) is 27.5 Å². The molecule has 0 fully saturated rings. The number of fused-ring (bicyclic) bond motifs is 1. The van der Waals surface area contributed by atoms with Gasteiger partial charge in [-0.3, -0.25) is 4.79 Å². The molecule has 3 unspecified atom stereocenters. The van der Waals surface area contributed by atoms with Gasteiger partial charge in [-0.25, -0.2) is 0 Å². The Bertz CT molecular complexity index is 1080. The first-order valence-corrected chi connectivity index (χ1v) is 11.9. The van der Waals surface area contributed by atoms with Crippen LogP contribution < -0.4 is 0 Å². The SMILES string of the molecule is Cc1cccc2c1SC(C(OCc1ccccc1)C(O)COCc1ccccc1)C(C=O)=C2. The molecule has 1 heterocycles. The molecule has 33 heavy (non-hydrogen) atoms. The monoisotopic (exact) mass is 460 g/mol. The summed E-state index contributed by atoms with van der Waals surface area (Å²) in [6.07, 6.45) is 1.27. The molecule has 4 nitrogen and oxygen atoms in total. The molecule has 0 bridgehead atoms. The van der Waals surface area contributed by atoms with Crippen molar-refractivity contribution in [1.82, 2.24) is 0 Å². The molecule has 0 aliphatic carbocycles. The number of hydrogen-bond donors (Lipinski definition) is 1. The lowest BCUT2D eigenvalue weighted by Gasteiger charge is -2.33. The third-order valence-electron chi connectivity index (χ3n) is 5.64. The van der Waals surface area contributed by atoms with Gasteiger partial charge in [0.2, 0.25) is 0 Å². The van der Waals surface area contributed by atoms with Gasteiger partial charge in [0.25, 0.3) is 0 Å². The Labute approximate surface area is 199 Å². The number of thioether (sulfide) groups is 1. The van der Waals surface area contributed by atoms with E-state index in [1.807, 2.05) is 78.9 Å². The van der Waals surface area contributed by atoms with Crippen molar-refractivity contribution in [3.63, 3.8) is 0 Å². The van der Waals surface area contributed by atoms with Crippen LogP contribution in [0.4, 0.5) is 0 Å². The molecule has 0 aromatic heterocycles. The minimum absolute atomic E-state index is 0.109. The highest BCUT2D eigenvalue weighted by Crippen LogP contribution is 2.41. The molecule has 4 rings (SSSR count). The van der Waals surface area contributed by atoms with Crippen molar-refractivity contribution < 1.29 is 19.4 Å². The lowest BCUT2D eigenvalue weighted by molar-refractivity contribution is -0.106. The summed E-state index contributed by atoms with van der Waals surface area (Å²) in [5, 5.41) is 10.8. The van der Waals surface area contributed by atoms with E-state index in [2.05, 4.69) is 13.0 Å². The fourth-order valence-corrected chi connectivity index (χ4v) is 5.32. The molecule has 0 radical (unpaired) electrons. The third kappa shape index (κ3) is 6.01. The third-order valence-corrected chi connectivity index (χ3v) is 7.22. The van der Waals surface area contributed by atoms with Gasteiger partial charge in [-0.15, -0.1) is 11.8 Å². The molecule has 170 valence electrons. The maximum Gasteiger partial charge on any atom is 0.147 e. The zero-order valence-corrected chi connectivity index (χ0v) is 19.4. The van der Waals surface area contributed by atoms with Gasteiger partial charge in [0, 0.05) is 10.5 Å². The average Bonchev–Trinajstić information content (AvgIpc) is 2.85. The molecule has 1 aliphatic heterocycles. The van der Waals surface area contributed by atoms with Crippen molar-refractivity contribution in [3.8, 4) is 0 Å². The predicted octanol–water partition coefficient (Wildman–Crippen LogP) is 5.21. The van der Waals surface area contributed by atoms with Gasteiger partial charge >= 0.3 is 0 Å². The van der Waals surface area contributed by atoms with Crippen LogP contribution in [-0.4, -0.2) is 35.5 Å². The minimum Gasteiger partial charge on any atom is -0.388 e. The summed E-state index contributed by atoms with van der Waals surface area (Å²) in [6.45, 7) is 2.91.